The van der Waals surface area contributed by atoms with Gasteiger partial charge < -0.3 is 15.2 Å². The summed E-state index contributed by atoms with van der Waals surface area (Å²) in [6.07, 6.45) is 0.896. The van der Waals surface area contributed by atoms with Crippen LogP contribution >= 0.6 is 11.3 Å². The molecule has 0 spiro atoms. The van der Waals surface area contributed by atoms with Crippen molar-refractivity contribution < 1.29 is 9.32 Å². The summed E-state index contributed by atoms with van der Waals surface area (Å²) in [5.74, 6) is 1.12. The summed E-state index contributed by atoms with van der Waals surface area (Å²) >= 11 is 1.63. The topological polar surface area (TPSA) is 67.2 Å². The summed E-state index contributed by atoms with van der Waals surface area (Å²) in [7, 11) is 0. The molecule has 21 heavy (non-hydrogen) atoms. The first-order valence-electron chi connectivity index (χ1n) is 7.03. The average Bonchev–Trinajstić information content (AvgIpc) is 3.03. The van der Waals surface area contributed by atoms with Gasteiger partial charge in [0.05, 0.1) is 5.56 Å². The Kier molecular flexibility index (Phi) is 3.59. The molecule has 0 bridgehead atoms. The summed E-state index contributed by atoms with van der Waals surface area (Å²) in [6, 6.07) is 1.79. The van der Waals surface area contributed by atoms with Crippen LogP contribution in [0.1, 0.15) is 47.3 Å². The minimum atomic E-state index is -0.122. The zero-order chi connectivity index (χ0) is 15.0. The molecule has 0 aromatic carbocycles. The standard InChI is InChI=1S/C15H19N3O2S/c1-15(2,3)12-6-13(18-20-12)17-14(19)10-8-21-11-7-16-5-4-9(10)11/h6,8,16H,4-5,7H2,1-3H3,(H,17,18,19). The number of nitrogens with zero attached hydrogens (tertiary/aromatic N) is 1. The van der Waals surface area contributed by atoms with Gasteiger partial charge in [-0.3, -0.25) is 4.79 Å². The van der Waals surface area contributed by atoms with E-state index in [1.165, 1.54) is 4.88 Å². The second-order valence-electron chi connectivity index (χ2n) is 6.26. The molecule has 2 aromatic heterocycles. The first-order valence-corrected chi connectivity index (χ1v) is 7.91. The van der Waals surface area contributed by atoms with Gasteiger partial charge in [0.15, 0.2) is 5.82 Å². The summed E-state index contributed by atoms with van der Waals surface area (Å²) < 4.78 is 5.29. The number of amides is 1. The average molecular weight is 305 g/mol. The zero-order valence-electron chi connectivity index (χ0n) is 12.4. The molecule has 6 heteroatoms. The number of anilines is 1. The lowest BCUT2D eigenvalue weighted by Gasteiger charge is -2.13. The number of rotatable bonds is 2. The Morgan fingerprint density at radius 3 is 3.00 bits per heavy atom. The maximum Gasteiger partial charge on any atom is 0.258 e. The van der Waals surface area contributed by atoms with Crippen molar-refractivity contribution >= 4 is 23.1 Å². The summed E-state index contributed by atoms with van der Waals surface area (Å²) in [4.78, 5) is 13.7. The lowest BCUT2D eigenvalue weighted by Crippen LogP contribution is -2.24. The van der Waals surface area contributed by atoms with Gasteiger partial charge in [-0.1, -0.05) is 25.9 Å². The van der Waals surface area contributed by atoms with Crippen molar-refractivity contribution in [2.45, 2.75) is 39.2 Å². The third-order valence-electron chi connectivity index (χ3n) is 3.55. The van der Waals surface area contributed by atoms with E-state index >= 15 is 0 Å². The molecule has 3 rings (SSSR count). The SMILES string of the molecule is CC(C)(C)c1cc(NC(=O)c2csc3c2CCNC3)no1. The molecule has 0 aliphatic carbocycles. The maximum absolute atomic E-state index is 12.4. The third kappa shape index (κ3) is 2.87. The van der Waals surface area contributed by atoms with E-state index in [1.54, 1.807) is 17.4 Å². The number of hydrogen-bond donors (Lipinski definition) is 2. The summed E-state index contributed by atoms with van der Waals surface area (Å²) in [6.45, 7) is 7.90. The van der Waals surface area contributed by atoms with Crippen molar-refractivity contribution in [1.29, 1.82) is 0 Å². The van der Waals surface area contributed by atoms with Gasteiger partial charge in [0.1, 0.15) is 5.76 Å². The largest absolute Gasteiger partial charge is 0.359 e. The fraction of sp³-hybridized carbons (Fsp3) is 0.467. The number of carbonyl (C=O) groups excluding carboxylic acids is 1. The Balaban J connectivity index is 1.78. The van der Waals surface area contributed by atoms with Gasteiger partial charge in [-0.25, -0.2) is 0 Å². The van der Waals surface area contributed by atoms with Crippen LogP contribution in [0.2, 0.25) is 0 Å². The highest BCUT2D eigenvalue weighted by molar-refractivity contribution is 7.10. The summed E-state index contributed by atoms with van der Waals surface area (Å²) in [5, 5.41) is 12.0. The van der Waals surface area contributed by atoms with E-state index in [-0.39, 0.29) is 11.3 Å². The van der Waals surface area contributed by atoms with Crippen molar-refractivity contribution in [3.63, 3.8) is 0 Å². The number of carbonyl (C=O) groups is 1. The van der Waals surface area contributed by atoms with Gasteiger partial charge in [0.2, 0.25) is 0 Å². The van der Waals surface area contributed by atoms with Gasteiger partial charge in [-0.05, 0) is 18.5 Å². The number of thiophene rings is 1. The van der Waals surface area contributed by atoms with Crippen LogP contribution in [0.5, 0.6) is 0 Å². The highest BCUT2D eigenvalue weighted by Gasteiger charge is 2.23. The van der Waals surface area contributed by atoms with Crippen LogP contribution in [0.4, 0.5) is 5.82 Å². The molecular formula is C15H19N3O2S. The molecule has 0 saturated heterocycles. The number of aromatic nitrogens is 1. The van der Waals surface area contributed by atoms with Crippen LogP contribution in [0.15, 0.2) is 16.0 Å². The molecule has 0 atom stereocenters. The second-order valence-corrected chi connectivity index (χ2v) is 7.22. The van der Waals surface area contributed by atoms with E-state index in [0.29, 0.717) is 5.82 Å². The quantitative estimate of drug-likeness (QED) is 0.895. The molecule has 112 valence electrons. The molecule has 1 aliphatic heterocycles. The molecule has 2 aromatic rings. The van der Waals surface area contributed by atoms with Crippen LogP contribution < -0.4 is 10.6 Å². The van der Waals surface area contributed by atoms with Gasteiger partial charge in [0.25, 0.3) is 5.91 Å². The number of fused-ring (bicyclic) bond motifs is 1. The Labute approximate surface area is 127 Å². The van der Waals surface area contributed by atoms with E-state index in [9.17, 15) is 4.79 Å². The van der Waals surface area contributed by atoms with Crippen molar-refractivity contribution in [3.05, 3.63) is 33.2 Å². The van der Waals surface area contributed by atoms with E-state index in [2.05, 4.69) is 15.8 Å². The predicted molar refractivity (Wildman–Crippen MR) is 82.9 cm³/mol. The Hall–Kier alpha value is -1.66. The minimum Gasteiger partial charge on any atom is -0.359 e. The van der Waals surface area contributed by atoms with E-state index in [0.717, 1.165) is 36.4 Å². The Morgan fingerprint density at radius 2 is 2.29 bits per heavy atom. The Morgan fingerprint density at radius 1 is 1.48 bits per heavy atom. The fourth-order valence-electron chi connectivity index (χ4n) is 2.32. The van der Waals surface area contributed by atoms with Crippen molar-refractivity contribution in [3.8, 4) is 0 Å². The summed E-state index contributed by atoms with van der Waals surface area (Å²) in [5.41, 5.74) is 1.80. The molecule has 0 unspecified atom stereocenters. The first kappa shape index (κ1) is 14.3. The molecule has 3 heterocycles. The van der Waals surface area contributed by atoms with E-state index < -0.39 is 0 Å². The van der Waals surface area contributed by atoms with Gasteiger partial charge in [-0.2, -0.15) is 0 Å². The highest BCUT2D eigenvalue weighted by atomic mass is 32.1. The van der Waals surface area contributed by atoms with E-state index in [4.69, 9.17) is 4.52 Å². The fourth-order valence-corrected chi connectivity index (χ4v) is 3.37. The molecule has 0 radical (unpaired) electrons. The second kappa shape index (κ2) is 5.27. The number of hydrogen-bond acceptors (Lipinski definition) is 5. The van der Waals surface area contributed by atoms with Crippen LogP contribution in [0, 0.1) is 0 Å². The van der Waals surface area contributed by atoms with Crippen molar-refractivity contribution in [2.24, 2.45) is 0 Å². The first-order chi connectivity index (χ1) is 9.95. The van der Waals surface area contributed by atoms with Crippen molar-refractivity contribution in [1.82, 2.24) is 10.5 Å². The minimum absolute atomic E-state index is 0.108. The molecule has 0 fully saturated rings. The normalized spacial score (nSPS) is 14.8. The predicted octanol–water partition coefficient (Wildman–Crippen LogP) is 2.93. The maximum atomic E-state index is 12.4. The smallest absolute Gasteiger partial charge is 0.258 e. The third-order valence-corrected chi connectivity index (χ3v) is 4.58. The van der Waals surface area contributed by atoms with Crippen LogP contribution in [-0.2, 0) is 18.4 Å². The molecular weight excluding hydrogens is 286 g/mol. The van der Waals surface area contributed by atoms with Gasteiger partial charge in [0, 0.05) is 28.3 Å². The number of nitrogens with one attached hydrogen (secondary N) is 2. The van der Waals surface area contributed by atoms with Crippen LogP contribution in [0.3, 0.4) is 0 Å². The highest BCUT2D eigenvalue weighted by Crippen LogP contribution is 2.27. The molecule has 1 amide bonds. The van der Waals surface area contributed by atoms with Crippen molar-refractivity contribution in [2.75, 3.05) is 11.9 Å². The molecule has 2 N–H and O–H groups in total. The lowest BCUT2D eigenvalue weighted by atomic mass is 9.93. The monoisotopic (exact) mass is 305 g/mol. The van der Waals surface area contributed by atoms with Crippen LogP contribution in [-0.4, -0.2) is 17.6 Å². The molecule has 0 saturated carbocycles. The van der Waals surface area contributed by atoms with Gasteiger partial charge in [-0.15, -0.1) is 11.3 Å². The van der Waals surface area contributed by atoms with Crippen LogP contribution in [0.25, 0.3) is 0 Å². The molecule has 5 nitrogen and oxygen atoms in total. The van der Waals surface area contributed by atoms with E-state index in [1.807, 2.05) is 26.2 Å². The Bertz CT molecular complexity index is 667. The molecule has 1 aliphatic rings. The lowest BCUT2D eigenvalue weighted by molar-refractivity contribution is 0.102. The van der Waals surface area contributed by atoms with Gasteiger partial charge >= 0.3 is 0 Å². The zero-order valence-corrected chi connectivity index (χ0v) is 13.3.